The minimum absolute atomic E-state index is 0.0754. The summed E-state index contributed by atoms with van der Waals surface area (Å²) in [5.41, 5.74) is -0.638. The first-order chi connectivity index (χ1) is 7.15. The topological polar surface area (TPSA) is 52.6 Å². The van der Waals surface area contributed by atoms with Crippen LogP contribution in [-0.4, -0.2) is 47.7 Å². The molecule has 0 aliphatic carbocycles. The van der Waals surface area contributed by atoms with Crippen LogP contribution in [0.15, 0.2) is 12.7 Å². The quantitative estimate of drug-likeness (QED) is 0.618. The summed E-state index contributed by atoms with van der Waals surface area (Å²) < 4.78 is 0. The van der Waals surface area contributed by atoms with E-state index < -0.39 is 5.60 Å². The molecule has 4 heteroatoms. The van der Waals surface area contributed by atoms with Crippen molar-refractivity contribution in [1.29, 1.82) is 0 Å². The van der Waals surface area contributed by atoms with Gasteiger partial charge in [0.25, 0.3) is 0 Å². The second-order valence-electron chi connectivity index (χ2n) is 4.53. The maximum atomic E-state index is 11.2. The van der Waals surface area contributed by atoms with E-state index in [4.69, 9.17) is 0 Å². The summed E-state index contributed by atoms with van der Waals surface area (Å²) in [5, 5.41) is 13.6. The number of β-amino-alcohol motifs (C(OH)–C–C–N with tert-alkyl or cyclic N) is 1. The molecule has 84 valence electrons. The van der Waals surface area contributed by atoms with Crippen LogP contribution in [0.4, 0.5) is 0 Å². The monoisotopic (exact) mass is 210 g/mol. The van der Waals surface area contributed by atoms with Crippen molar-refractivity contribution in [3.05, 3.63) is 12.7 Å². The largest absolute Gasteiger partial charge is 0.386 e. The van der Waals surface area contributed by atoms with Crippen molar-refractivity contribution < 1.29 is 9.90 Å². The molecule has 15 heavy (non-hydrogen) atoms. The van der Waals surface area contributed by atoms with Crippen molar-refractivity contribution in [3.8, 4) is 0 Å². The fourth-order valence-electron chi connectivity index (χ4n) is 2.52. The summed E-state index contributed by atoms with van der Waals surface area (Å²) in [6.45, 7) is 6.34. The molecule has 0 radical (unpaired) electrons. The number of aliphatic hydroxyl groups is 1. The zero-order valence-electron chi connectivity index (χ0n) is 8.91. The third-order valence-electron chi connectivity index (χ3n) is 3.51. The Morgan fingerprint density at radius 3 is 2.60 bits per heavy atom. The molecular formula is C11H18N2O2. The molecule has 0 aromatic rings. The first-order valence-corrected chi connectivity index (χ1v) is 5.50. The molecule has 2 N–H and O–H groups in total. The minimum Gasteiger partial charge on any atom is -0.386 e. The molecule has 0 atom stereocenters. The summed E-state index contributed by atoms with van der Waals surface area (Å²) in [4.78, 5) is 12.9. The summed E-state index contributed by atoms with van der Waals surface area (Å²) >= 11 is 0. The van der Waals surface area contributed by atoms with Gasteiger partial charge in [0.15, 0.2) is 0 Å². The third-order valence-corrected chi connectivity index (χ3v) is 3.51. The Kier molecular flexibility index (Phi) is 2.80. The first-order valence-electron chi connectivity index (χ1n) is 5.50. The van der Waals surface area contributed by atoms with Crippen molar-refractivity contribution in [2.75, 3.05) is 26.2 Å². The fraction of sp³-hybridized carbons (Fsp3) is 0.727. The highest BCUT2D eigenvalue weighted by atomic mass is 16.3. The number of hydrogen-bond donors (Lipinski definition) is 2. The fourth-order valence-corrected chi connectivity index (χ4v) is 2.52. The van der Waals surface area contributed by atoms with Crippen molar-refractivity contribution in [3.63, 3.8) is 0 Å². The third kappa shape index (κ3) is 1.92. The predicted molar refractivity (Wildman–Crippen MR) is 57.3 cm³/mol. The van der Waals surface area contributed by atoms with E-state index in [9.17, 15) is 9.90 Å². The van der Waals surface area contributed by atoms with Crippen LogP contribution in [0.1, 0.15) is 12.8 Å². The van der Waals surface area contributed by atoms with Gasteiger partial charge in [0.2, 0.25) is 5.91 Å². The lowest BCUT2D eigenvalue weighted by atomic mass is 9.76. The Balaban J connectivity index is 1.89. The molecule has 0 unspecified atom stereocenters. The maximum absolute atomic E-state index is 11.2. The van der Waals surface area contributed by atoms with E-state index in [0.29, 0.717) is 19.0 Å². The van der Waals surface area contributed by atoms with Gasteiger partial charge in [-0.1, -0.05) is 6.58 Å². The highest BCUT2D eigenvalue weighted by Gasteiger charge is 2.48. The lowest BCUT2D eigenvalue weighted by molar-refractivity contribution is -0.164. The predicted octanol–water partition coefficient (Wildman–Crippen LogP) is -0.255. The van der Waals surface area contributed by atoms with Gasteiger partial charge in [0, 0.05) is 0 Å². The van der Waals surface area contributed by atoms with Gasteiger partial charge in [-0.25, -0.2) is 0 Å². The van der Waals surface area contributed by atoms with E-state index in [2.05, 4.69) is 11.9 Å². The number of amides is 1. The number of piperidine rings is 1. The molecule has 2 fully saturated rings. The summed E-state index contributed by atoms with van der Waals surface area (Å²) in [6.07, 6.45) is 3.32. The average molecular weight is 210 g/mol. The molecule has 2 heterocycles. The van der Waals surface area contributed by atoms with Gasteiger partial charge >= 0.3 is 0 Å². The Morgan fingerprint density at radius 2 is 2.07 bits per heavy atom. The number of nitrogens with one attached hydrogen (secondary N) is 1. The lowest BCUT2D eigenvalue weighted by Gasteiger charge is -2.51. The number of hydrogen-bond acceptors (Lipinski definition) is 3. The maximum Gasteiger partial charge on any atom is 0.246 e. The molecule has 0 saturated carbocycles. The Hall–Kier alpha value is -0.870. The van der Waals surface area contributed by atoms with Gasteiger partial charge in [-0.05, 0) is 37.9 Å². The van der Waals surface area contributed by atoms with E-state index >= 15 is 0 Å². The Bertz CT molecular complexity index is 266. The second-order valence-corrected chi connectivity index (χ2v) is 4.53. The number of likely N-dealkylation sites (tertiary alicyclic amines) is 1. The highest BCUT2D eigenvalue weighted by molar-refractivity contribution is 5.87. The van der Waals surface area contributed by atoms with Crippen molar-refractivity contribution in [1.82, 2.24) is 10.2 Å². The van der Waals surface area contributed by atoms with Crippen LogP contribution >= 0.6 is 0 Å². The molecular weight excluding hydrogens is 192 g/mol. The van der Waals surface area contributed by atoms with E-state index in [1.165, 1.54) is 6.08 Å². The normalized spacial score (nSPS) is 25.8. The molecule has 4 nitrogen and oxygen atoms in total. The van der Waals surface area contributed by atoms with Gasteiger partial charge in [-0.3, -0.25) is 4.79 Å². The summed E-state index contributed by atoms with van der Waals surface area (Å²) in [7, 11) is 0. The highest BCUT2D eigenvalue weighted by Crippen LogP contribution is 2.34. The standard InChI is InChI=1S/C11H18N2O2/c1-2-10(14)13-7-11(15,8-13)9-3-5-12-6-4-9/h2,9,12,15H,1,3-8H2. The van der Waals surface area contributed by atoms with E-state index in [-0.39, 0.29) is 5.91 Å². The van der Waals surface area contributed by atoms with Crippen LogP contribution in [0.5, 0.6) is 0 Å². The molecule has 2 aliphatic heterocycles. The molecule has 0 spiro atoms. The number of carbonyl (C=O) groups excluding carboxylic acids is 1. The van der Waals surface area contributed by atoms with Gasteiger partial charge < -0.3 is 15.3 Å². The average Bonchev–Trinajstić information content (AvgIpc) is 2.25. The number of rotatable bonds is 2. The van der Waals surface area contributed by atoms with Crippen LogP contribution in [0.2, 0.25) is 0 Å². The van der Waals surface area contributed by atoms with Crippen LogP contribution < -0.4 is 5.32 Å². The second kappa shape index (κ2) is 3.94. The van der Waals surface area contributed by atoms with E-state index in [1.807, 2.05) is 0 Å². The summed E-state index contributed by atoms with van der Waals surface area (Å²) in [6, 6.07) is 0. The molecule has 2 saturated heterocycles. The summed E-state index contributed by atoms with van der Waals surface area (Å²) in [5.74, 6) is 0.265. The van der Waals surface area contributed by atoms with E-state index in [1.54, 1.807) is 4.90 Å². The Morgan fingerprint density at radius 1 is 1.47 bits per heavy atom. The first kappa shape index (κ1) is 10.6. The number of carbonyl (C=O) groups is 1. The van der Waals surface area contributed by atoms with Crippen molar-refractivity contribution in [2.45, 2.75) is 18.4 Å². The lowest BCUT2D eigenvalue weighted by Crippen LogP contribution is -2.67. The van der Waals surface area contributed by atoms with Crippen molar-refractivity contribution in [2.24, 2.45) is 5.92 Å². The molecule has 0 bridgehead atoms. The Labute approximate surface area is 90.0 Å². The molecule has 0 aromatic carbocycles. The van der Waals surface area contributed by atoms with Crippen LogP contribution in [0.25, 0.3) is 0 Å². The van der Waals surface area contributed by atoms with Gasteiger partial charge in [-0.15, -0.1) is 0 Å². The zero-order valence-corrected chi connectivity index (χ0v) is 8.91. The van der Waals surface area contributed by atoms with Gasteiger partial charge in [0.05, 0.1) is 13.1 Å². The zero-order chi connectivity index (χ0) is 10.9. The SMILES string of the molecule is C=CC(=O)N1CC(O)(C2CCNCC2)C1. The minimum atomic E-state index is -0.638. The van der Waals surface area contributed by atoms with Gasteiger partial charge in [0.1, 0.15) is 5.60 Å². The van der Waals surface area contributed by atoms with Gasteiger partial charge in [-0.2, -0.15) is 0 Å². The van der Waals surface area contributed by atoms with E-state index in [0.717, 1.165) is 25.9 Å². The van der Waals surface area contributed by atoms with Crippen LogP contribution in [0.3, 0.4) is 0 Å². The smallest absolute Gasteiger partial charge is 0.246 e. The van der Waals surface area contributed by atoms with Crippen LogP contribution in [-0.2, 0) is 4.79 Å². The molecule has 1 amide bonds. The van der Waals surface area contributed by atoms with Crippen molar-refractivity contribution >= 4 is 5.91 Å². The molecule has 2 rings (SSSR count). The molecule has 2 aliphatic rings. The number of nitrogens with zero attached hydrogens (tertiary/aromatic N) is 1. The van der Waals surface area contributed by atoms with Crippen LogP contribution in [0, 0.1) is 5.92 Å². The molecule has 0 aromatic heterocycles.